The molecule has 1 fully saturated rings. The first kappa shape index (κ1) is 17.0. The van der Waals surface area contributed by atoms with E-state index in [0.717, 1.165) is 5.39 Å². The van der Waals surface area contributed by atoms with Crippen molar-refractivity contribution < 1.29 is 19.4 Å². The Kier molecular flexibility index (Phi) is 4.23. The van der Waals surface area contributed by atoms with Gasteiger partial charge in [0.2, 0.25) is 11.8 Å². The molecule has 0 bridgehead atoms. The summed E-state index contributed by atoms with van der Waals surface area (Å²) >= 11 is 0. The highest BCUT2D eigenvalue weighted by Gasteiger charge is 2.21. The number of carboxylic acid groups (broad SMARTS) is 1. The van der Waals surface area contributed by atoms with E-state index in [4.69, 9.17) is 9.84 Å². The summed E-state index contributed by atoms with van der Waals surface area (Å²) in [6, 6.07) is 5.16. The number of hydrogen-bond acceptors (Lipinski definition) is 5. The molecule has 1 atom stereocenters. The van der Waals surface area contributed by atoms with E-state index >= 15 is 0 Å². The fourth-order valence-corrected chi connectivity index (χ4v) is 3.36. The van der Waals surface area contributed by atoms with Gasteiger partial charge in [-0.25, -0.2) is 4.98 Å². The van der Waals surface area contributed by atoms with Gasteiger partial charge in [0.15, 0.2) is 0 Å². The first-order chi connectivity index (χ1) is 13.0. The Morgan fingerprint density at radius 3 is 2.85 bits per heavy atom. The van der Waals surface area contributed by atoms with Gasteiger partial charge in [-0.3, -0.25) is 14.4 Å². The lowest BCUT2D eigenvalue weighted by molar-refractivity contribution is -0.136. The summed E-state index contributed by atoms with van der Waals surface area (Å²) in [5.74, 6) is -0.585. The number of pyridine rings is 2. The molecule has 1 aliphatic rings. The molecule has 4 rings (SSSR count). The predicted molar refractivity (Wildman–Crippen MR) is 97.9 cm³/mol. The number of rotatable bonds is 5. The minimum atomic E-state index is -0.983. The van der Waals surface area contributed by atoms with Crippen molar-refractivity contribution in [3.63, 3.8) is 0 Å². The van der Waals surface area contributed by atoms with Gasteiger partial charge in [-0.05, 0) is 41.0 Å². The number of nitrogens with zero attached hydrogens (tertiary/aromatic N) is 1. The molecule has 3 N–H and O–H groups in total. The molecule has 3 aromatic rings. The third-order valence-corrected chi connectivity index (χ3v) is 4.68. The Bertz CT molecular complexity index is 1120. The van der Waals surface area contributed by atoms with Gasteiger partial charge in [0.1, 0.15) is 6.61 Å². The molecule has 8 heteroatoms. The molecule has 0 radical (unpaired) electrons. The van der Waals surface area contributed by atoms with Crippen LogP contribution in [0.1, 0.15) is 18.4 Å². The van der Waals surface area contributed by atoms with Crippen LogP contribution in [0.15, 0.2) is 35.4 Å². The summed E-state index contributed by atoms with van der Waals surface area (Å²) in [4.78, 5) is 41.5. The van der Waals surface area contributed by atoms with Gasteiger partial charge in [-0.1, -0.05) is 0 Å². The molecule has 0 saturated carbocycles. The second-order valence-electron chi connectivity index (χ2n) is 6.56. The van der Waals surface area contributed by atoms with Crippen LogP contribution in [0.2, 0.25) is 0 Å². The van der Waals surface area contributed by atoms with Crippen LogP contribution in [0.4, 0.5) is 0 Å². The number of benzene rings is 1. The highest BCUT2D eigenvalue weighted by atomic mass is 16.5. The second kappa shape index (κ2) is 6.71. The summed E-state index contributed by atoms with van der Waals surface area (Å²) in [6.07, 6.45) is 4.01. The minimum Gasteiger partial charge on any atom is -0.481 e. The van der Waals surface area contributed by atoms with Gasteiger partial charge in [0.25, 0.3) is 5.56 Å². The Hall–Kier alpha value is -3.42. The van der Waals surface area contributed by atoms with Gasteiger partial charge in [0, 0.05) is 29.6 Å². The number of amides is 1. The van der Waals surface area contributed by atoms with E-state index in [0.29, 0.717) is 47.1 Å². The molecule has 8 nitrogen and oxygen atoms in total. The summed E-state index contributed by atoms with van der Waals surface area (Å²) in [7, 11) is 0. The topological polar surface area (TPSA) is 121 Å². The molecule has 1 aromatic carbocycles. The van der Waals surface area contributed by atoms with Crippen molar-refractivity contribution in [2.45, 2.75) is 25.3 Å². The van der Waals surface area contributed by atoms with Crippen molar-refractivity contribution in [3.05, 3.63) is 46.5 Å². The van der Waals surface area contributed by atoms with Crippen molar-refractivity contribution in [3.8, 4) is 5.88 Å². The fourth-order valence-electron chi connectivity index (χ4n) is 3.36. The molecule has 1 amide bonds. The van der Waals surface area contributed by atoms with E-state index in [1.54, 1.807) is 24.4 Å². The predicted octanol–water partition coefficient (Wildman–Crippen LogP) is 1.36. The van der Waals surface area contributed by atoms with E-state index in [9.17, 15) is 14.4 Å². The van der Waals surface area contributed by atoms with E-state index < -0.39 is 5.97 Å². The standard InChI is InChI=1S/C19H17N3O5/c23-16-2-1-12(22-16)9-27-19-14-7-13-11(6-17(24)25)8-21-18(26)15(13)5-10(14)3-4-20-19/h3-5,7-8,12H,1-2,6,9H2,(H,21,26)(H,22,23)(H,24,25)/t12-/m0/s1. The van der Waals surface area contributed by atoms with Crippen molar-refractivity contribution in [1.82, 2.24) is 15.3 Å². The molecular weight excluding hydrogens is 350 g/mol. The molecule has 0 aliphatic carbocycles. The quantitative estimate of drug-likeness (QED) is 0.586. The zero-order valence-electron chi connectivity index (χ0n) is 14.3. The first-order valence-electron chi connectivity index (χ1n) is 8.58. The van der Waals surface area contributed by atoms with E-state index in [1.165, 1.54) is 6.20 Å². The van der Waals surface area contributed by atoms with Crippen molar-refractivity contribution in [2.75, 3.05) is 6.61 Å². The largest absolute Gasteiger partial charge is 0.481 e. The molecule has 27 heavy (non-hydrogen) atoms. The highest BCUT2D eigenvalue weighted by molar-refractivity contribution is 6.01. The maximum atomic E-state index is 12.2. The van der Waals surface area contributed by atoms with Crippen LogP contribution in [0.3, 0.4) is 0 Å². The van der Waals surface area contributed by atoms with Gasteiger partial charge in [0.05, 0.1) is 12.5 Å². The summed E-state index contributed by atoms with van der Waals surface area (Å²) < 4.78 is 5.82. The van der Waals surface area contributed by atoms with Crippen LogP contribution >= 0.6 is 0 Å². The number of aromatic amines is 1. The van der Waals surface area contributed by atoms with Crippen LogP contribution in [0.25, 0.3) is 21.5 Å². The summed E-state index contributed by atoms with van der Waals surface area (Å²) in [5.41, 5.74) is 0.228. The Balaban J connectivity index is 1.77. The molecular formula is C19H17N3O5. The Morgan fingerprint density at radius 1 is 1.26 bits per heavy atom. The number of nitrogens with one attached hydrogen (secondary N) is 2. The smallest absolute Gasteiger partial charge is 0.307 e. The maximum Gasteiger partial charge on any atom is 0.307 e. The van der Waals surface area contributed by atoms with Gasteiger partial charge >= 0.3 is 5.97 Å². The number of carbonyl (C=O) groups is 2. The molecule has 3 heterocycles. The average molecular weight is 367 g/mol. The maximum absolute atomic E-state index is 12.2. The second-order valence-corrected chi connectivity index (χ2v) is 6.56. The third kappa shape index (κ3) is 3.33. The number of fused-ring (bicyclic) bond motifs is 2. The fraction of sp³-hybridized carbons (Fsp3) is 0.263. The number of carboxylic acids is 1. The monoisotopic (exact) mass is 367 g/mol. The third-order valence-electron chi connectivity index (χ3n) is 4.68. The van der Waals surface area contributed by atoms with Gasteiger partial charge in [-0.15, -0.1) is 0 Å². The molecule has 2 aromatic heterocycles. The van der Waals surface area contributed by atoms with Crippen LogP contribution in [0, 0.1) is 0 Å². The van der Waals surface area contributed by atoms with Crippen molar-refractivity contribution in [2.24, 2.45) is 0 Å². The number of aliphatic carboxylic acids is 1. The van der Waals surface area contributed by atoms with E-state index in [2.05, 4.69) is 15.3 Å². The highest BCUT2D eigenvalue weighted by Crippen LogP contribution is 2.29. The van der Waals surface area contributed by atoms with Crippen LogP contribution < -0.4 is 15.6 Å². The lowest BCUT2D eigenvalue weighted by atomic mass is 10.0. The summed E-state index contributed by atoms with van der Waals surface area (Å²) in [6.45, 7) is 0.299. The van der Waals surface area contributed by atoms with E-state index in [1.807, 2.05) is 0 Å². The zero-order valence-corrected chi connectivity index (χ0v) is 14.3. The van der Waals surface area contributed by atoms with Gasteiger partial charge in [-0.2, -0.15) is 0 Å². The average Bonchev–Trinajstić information content (AvgIpc) is 3.06. The first-order valence-corrected chi connectivity index (χ1v) is 8.58. The molecule has 0 spiro atoms. The SMILES string of the molecule is O=C(O)Cc1c[nH]c(=O)c2cc3ccnc(OC[C@@H]4CCC(=O)N4)c3cc12. The molecule has 1 aliphatic heterocycles. The molecule has 138 valence electrons. The van der Waals surface area contributed by atoms with Crippen molar-refractivity contribution >= 4 is 33.4 Å². The zero-order chi connectivity index (χ0) is 19.0. The van der Waals surface area contributed by atoms with Crippen LogP contribution in [0.5, 0.6) is 5.88 Å². The number of carbonyl (C=O) groups excluding carboxylic acids is 1. The molecule has 0 unspecified atom stereocenters. The Morgan fingerprint density at radius 2 is 2.11 bits per heavy atom. The van der Waals surface area contributed by atoms with Crippen LogP contribution in [-0.2, 0) is 16.0 Å². The van der Waals surface area contributed by atoms with Crippen LogP contribution in [-0.4, -0.2) is 39.6 Å². The number of aromatic nitrogens is 2. The number of ether oxygens (including phenoxy) is 1. The molecule has 1 saturated heterocycles. The number of hydrogen-bond donors (Lipinski definition) is 3. The number of H-pyrrole nitrogens is 1. The van der Waals surface area contributed by atoms with Gasteiger partial charge < -0.3 is 20.1 Å². The lowest BCUT2D eigenvalue weighted by Gasteiger charge is -2.13. The minimum absolute atomic E-state index is 0.0120. The van der Waals surface area contributed by atoms with E-state index in [-0.39, 0.29) is 23.9 Å². The summed E-state index contributed by atoms with van der Waals surface area (Å²) in [5, 5.41) is 14.4. The van der Waals surface area contributed by atoms with Crippen molar-refractivity contribution in [1.29, 1.82) is 0 Å². The Labute approximate surface area is 153 Å². The lowest BCUT2D eigenvalue weighted by Crippen LogP contribution is -2.31. The normalized spacial score (nSPS) is 16.6.